The molecule has 0 unspecified atom stereocenters. The molecule has 3 fully saturated rings. The van der Waals surface area contributed by atoms with Crippen molar-refractivity contribution in [3.8, 4) is 5.75 Å². The molecule has 1 aromatic carbocycles. The monoisotopic (exact) mass is 381 g/mol. The number of alkyl halides is 3. The largest absolute Gasteiger partial charge is 0.484 e. The normalized spacial score (nSPS) is 26.5. The van der Waals surface area contributed by atoms with Gasteiger partial charge in [0.2, 0.25) is 0 Å². The van der Waals surface area contributed by atoms with Crippen LogP contribution in [0.3, 0.4) is 0 Å². The Morgan fingerprint density at radius 1 is 1.15 bits per heavy atom. The standard InChI is InChI=1S/C20H22F3NO3/c21-20(22,23)13-26-15-3-1-14-2-4-16(17(14)11-15)18(25)27-12-19-5-8-24(9-6-19)10-7-19/h1,3-4,11H,2,5-10,12-13H2. The first-order valence-corrected chi connectivity index (χ1v) is 9.26. The Morgan fingerprint density at radius 2 is 1.85 bits per heavy atom. The number of piperidine rings is 3. The smallest absolute Gasteiger partial charge is 0.422 e. The van der Waals surface area contributed by atoms with Gasteiger partial charge in [-0.1, -0.05) is 12.1 Å². The van der Waals surface area contributed by atoms with Gasteiger partial charge < -0.3 is 14.4 Å². The molecule has 7 heteroatoms. The van der Waals surface area contributed by atoms with Crippen LogP contribution in [0.5, 0.6) is 5.75 Å². The van der Waals surface area contributed by atoms with Gasteiger partial charge in [-0.15, -0.1) is 0 Å². The number of fused-ring (bicyclic) bond motifs is 4. The van der Waals surface area contributed by atoms with Gasteiger partial charge in [0.1, 0.15) is 5.75 Å². The van der Waals surface area contributed by atoms with Crippen molar-refractivity contribution in [3.05, 3.63) is 35.4 Å². The summed E-state index contributed by atoms with van der Waals surface area (Å²) >= 11 is 0. The first-order valence-electron chi connectivity index (χ1n) is 9.26. The number of nitrogens with zero attached hydrogens (tertiary/aromatic N) is 1. The number of esters is 1. The van der Waals surface area contributed by atoms with Crippen molar-refractivity contribution in [2.24, 2.45) is 5.41 Å². The van der Waals surface area contributed by atoms with Crippen LogP contribution >= 0.6 is 0 Å². The van der Waals surface area contributed by atoms with Crippen LogP contribution in [0, 0.1) is 5.41 Å². The number of allylic oxidation sites excluding steroid dienone is 1. The average Bonchev–Trinajstić information content (AvgIpc) is 3.09. The van der Waals surface area contributed by atoms with E-state index in [1.807, 2.05) is 0 Å². The van der Waals surface area contributed by atoms with E-state index in [1.165, 1.54) is 12.1 Å². The molecule has 3 heterocycles. The van der Waals surface area contributed by atoms with Crippen molar-refractivity contribution >= 4 is 11.5 Å². The van der Waals surface area contributed by atoms with E-state index in [2.05, 4.69) is 4.90 Å². The van der Waals surface area contributed by atoms with Crippen molar-refractivity contribution in [2.45, 2.75) is 31.9 Å². The zero-order valence-corrected chi connectivity index (χ0v) is 15.0. The first-order chi connectivity index (χ1) is 12.8. The molecule has 3 saturated heterocycles. The van der Waals surface area contributed by atoms with Gasteiger partial charge in [0, 0.05) is 5.41 Å². The lowest BCUT2D eigenvalue weighted by Gasteiger charge is -2.47. The van der Waals surface area contributed by atoms with E-state index in [1.54, 1.807) is 12.1 Å². The molecule has 0 aromatic heterocycles. The number of carbonyl (C=O) groups is 1. The van der Waals surface area contributed by atoms with E-state index in [9.17, 15) is 18.0 Å². The lowest BCUT2D eigenvalue weighted by Crippen LogP contribution is -2.50. The van der Waals surface area contributed by atoms with Crippen LogP contribution in [-0.2, 0) is 16.0 Å². The third-order valence-electron chi connectivity index (χ3n) is 5.90. The molecular weight excluding hydrogens is 359 g/mol. The lowest BCUT2D eigenvalue weighted by molar-refractivity contribution is -0.153. The predicted octanol–water partition coefficient (Wildman–Crippen LogP) is 3.60. The average molecular weight is 381 g/mol. The zero-order chi connectivity index (χ0) is 19.1. The number of halogens is 3. The van der Waals surface area contributed by atoms with Crippen molar-refractivity contribution in [2.75, 3.05) is 32.8 Å². The summed E-state index contributed by atoms with van der Waals surface area (Å²) in [7, 11) is 0. The predicted molar refractivity (Wildman–Crippen MR) is 93.4 cm³/mol. The Hall–Kier alpha value is -2.02. The highest BCUT2D eigenvalue weighted by Crippen LogP contribution is 2.41. The van der Waals surface area contributed by atoms with Crippen LogP contribution in [0.2, 0.25) is 0 Å². The van der Waals surface area contributed by atoms with E-state index in [-0.39, 0.29) is 11.2 Å². The van der Waals surface area contributed by atoms with Crippen LogP contribution in [0.15, 0.2) is 24.3 Å². The van der Waals surface area contributed by atoms with Gasteiger partial charge in [-0.25, -0.2) is 4.79 Å². The van der Waals surface area contributed by atoms with E-state index < -0.39 is 18.8 Å². The lowest BCUT2D eigenvalue weighted by atomic mass is 9.73. The van der Waals surface area contributed by atoms with E-state index in [0.29, 0.717) is 24.2 Å². The molecule has 4 aliphatic rings. The highest BCUT2D eigenvalue weighted by molar-refractivity contribution is 6.18. The second-order valence-corrected chi connectivity index (χ2v) is 7.71. The molecule has 1 aromatic rings. The Kier molecular flexibility index (Phi) is 4.66. The summed E-state index contributed by atoms with van der Waals surface area (Å²) in [6, 6.07) is 4.70. The maximum Gasteiger partial charge on any atom is 0.422 e. The Bertz CT molecular complexity index is 750. The van der Waals surface area contributed by atoms with Crippen LogP contribution in [-0.4, -0.2) is 49.9 Å². The fourth-order valence-electron chi connectivity index (χ4n) is 4.16. The zero-order valence-electron chi connectivity index (χ0n) is 15.0. The van der Waals surface area contributed by atoms with Gasteiger partial charge in [-0.3, -0.25) is 0 Å². The molecule has 0 spiro atoms. The second-order valence-electron chi connectivity index (χ2n) is 7.71. The minimum absolute atomic E-state index is 0.0874. The number of ether oxygens (including phenoxy) is 2. The van der Waals surface area contributed by atoms with Gasteiger partial charge in [-0.2, -0.15) is 13.2 Å². The quantitative estimate of drug-likeness (QED) is 0.731. The Morgan fingerprint density at radius 3 is 2.52 bits per heavy atom. The van der Waals surface area contributed by atoms with Gasteiger partial charge in [0.15, 0.2) is 6.61 Å². The fraction of sp³-hybridized carbons (Fsp3) is 0.550. The summed E-state index contributed by atoms with van der Waals surface area (Å²) in [5.74, 6) is -0.297. The Labute approximate surface area is 155 Å². The third kappa shape index (κ3) is 3.98. The van der Waals surface area contributed by atoms with Crippen molar-refractivity contribution in [1.82, 2.24) is 4.90 Å². The summed E-state index contributed by atoms with van der Waals surface area (Å²) < 4.78 is 47.5. The molecule has 2 bridgehead atoms. The number of hydrogen-bond acceptors (Lipinski definition) is 4. The van der Waals surface area contributed by atoms with Crippen molar-refractivity contribution < 1.29 is 27.4 Å². The molecule has 4 nitrogen and oxygen atoms in total. The van der Waals surface area contributed by atoms with Crippen LogP contribution in [0.25, 0.3) is 5.57 Å². The number of benzene rings is 1. The second kappa shape index (κ2) is 6.86. The molecule has 27 heavy (non-hydrogen) atoms. The summed E-state index contributed by atoms with van der Waals surface area (Å²) in [6.07, 6.45) is 1.09. The highest BCUT2D eigenvalue weighted by atomic mass is 19.4. The van der Waals surface area contributed by atoms with Crippen molar-refractivity contribution in [3.63, 3.8) is 0 Å². The molecule has 0 amide bonds. The molecule has 0 saturated carbocycles. The van der Waals surface area contributed by atoms with E-state index in [4.69, 9.17) is 9.47 Å². The summed E-state index contributed by atoms with van der Waals surface area (Å²) in [5, 5.41) is 0. The number of hydrogen-bond donors (Lipinski definition) is 0. The number of carbonyl (C=O) groups excluding carboxylic acids is 1. The minimum Gasteiger partial charge on any atom is -0.484 e. The van der Waals surface area contributed by atoms with Crippen molar-refractivity contribution in [1.29, 1.82) is 0 Å². The molecule has 0 N–H and O–H groups in total. The maximum atomic E-state index is 12.6. The Balaban J connectivity index is 1.41. The highest BCUT2D eigenvalue weighted by Gasteiger charge is 2.40. The van der Waals surface area contributed by atoms with Gasteiger partial charge >= 0.3 is 12.1 Å². The summed E-state index contributed by atoms with van der Waals surface area (Å²) in [6.45, 7) is 2.24. The fourth-order valence-corrected chi connectivity index (χ4v) is 4.16. The van der Waals surface area contributed by atoms with E-state index >= 15 is 0 Å². The molecular formula is C20H22F3NO3. The summed E-state index contributed by atoms with van der Waals surface area (Å²) in [4.78, 5) is 15.1. The number of rotatable bonds is 5. The topological polar surface area (TPSA) is 38.8 Å². The molecule has 0 atom stereocenters. The van der Waals surface area contributed by atoms with Gasteiger partial charge in [0.05, 0.1) is 12.2 Å². The molecule has 146 valence electrons. The van der Waals surface area contributed by atoms with E-state index in [0.717, 1.165) is 44.5 Å². The molecule has 5 rings (SSSR count). The van der Waals surface area contributed by atoms with Gasteiger partial charge in [0.25, 0.3) is 0 Å². The van der Waals surface area contributed by atoms with Gasteiger partial charge in [-0.05, 0) is 68.6 Å². The summed E-state index contributed by atoms with van der Waals surface area (Å²) in [5.41, 5.74) is 2.01. The molecule has 1 aliphatic carbocycles. The van der Waals surface area contributed by atoms with Crippen LogP contribution < -0.4 is 4.74 Å². The minimum atomic E-state index is -4.40. The third-order valence-corrected chi connectivity index (χ3v) is 5.90. The first kappa shape index (κ1) is 18.3. The molecule has 3 aliphatic heterocycles. The maximum absolute atomic E-state index is 12.6. The van der Waals surface area contributed by atoms with Crippen LogP contribution in [0.1, 0.15) is 30.4 Å². The SMILES string of the molecule is O=C(OCC12CCN(CC1)CC2)C1=CCc2ccc(OCC(F)(F)F)cc21. The molecule has 0 radical (unpaired) electrons. The van der Waals surface area contributed by atoms with Crippen LogP contribution in [0.4, 0.5) is 13.2 Å².